The zero-order valence-electron chi connectivity index (χ0n) is 15.9. The lowest BCUT2D eigenvalue weighted by molar-refractivity contribution is 0.0824. The van der Waals surface area contributed by atoms with Gasteiger partial charge in [0.15, 0.2) is 11.6 Å². The van der Waals surface area contributed by atoms with E-state index >= 15 is 0 Å². The molecule has 0 radical (unpaired) electrons. The molecule has 1 aliphatic rings. The van der Waals surface area contributed by atoms with Crippen molar-refractivity contribution in [3.05, 3.63) is 46.9 Å². The third-order valence-electron chi connectivity index (χ3n) is 5.25. The number of aromatic amines is 1. The van der Waals surface area contributed by atoms with Gasteiger partial charge in [0.1, 0.15) is 5.82 Å². The van der Waals surface area contributed by atoms with Crippen LogP contribution in [0.25, 0.3) is 0 Å². The number of carbonyl (C=O) groups excluding carboxylic acids is 2. The van der Waals surface area contributed by atoms with Gasteiger partial charge in [0.2, 0.25) is 0 Å². The number of carbonyl (C=O) groups is 2. The quantitative estimate of drug-likeness (QED) is 0.836. The Kier molecular flexibility index (Phi) is 5.23. The van der Waals surface area contributed by atoms with Crippen LogP contribution in [0.3, 0.4) is 0 Å². The van der Waals surface area contributed by atoms with E-state index in [9.17, 15) is 9.59 Å². The van der Waals surface area contributed by atoms with Crippen LogP contribution in [0.4, 0.5) is 5.82 Å². The molecule has 1 saturated heterocycles. The van der Waals surface area contributed by atoms with Crippen molar-refractivity contribution in [2.45, 2.75) is 33.7 Å². The zero-order valence-corrected chi connectivity index (χ0v) is 15.9. The number of anilines is 1. The van der Waals surface area contributed by atoms with Crippen LogP contribution in [-0.2, 0) is 0 Å². The molecule has 3 heterocycles. The van der Waals surface area contributed by atoms with Gasteiger partial charge in [0, 0.05) is 43.6 Å². The Morgan fingerprint density at radius 3 is 2.38 bits per heavy atom. The minimum atomic E-state index is -0.225. The number of hydrogen-bond donors (Lipinski definition) is 1. The van der Waals surface area contributed by atoms with Crippen LogP contribution in [0.2, 0.25) is 0 Å². The van der Waals surface area contributed by atoms with Gasteiger partial charge in [0.25, 0.3) is 0 Å². The lowest BCUT2D eigenvalue weighted by Crippen LogP contribution is -2.52. The van der Waals surface area contributed by atoms with Crippen molar-refractivity contribution in [2.24, 2.45) is 0 Å². The highest BCUT2D eigenvalue weighted by Gasteiger charge is 2.29. The van der Waals surface area contributed by atoms with Crippen molar-refractivity contribution >= 4 is 17.4 Å². The number of nitrogens with one attached hydrogen (secondary N) is 1. The molecule has 1 aliphatic heterocycles. The molecule has 26 heavy (non-hydrogen) atoms. The van der Waals surface area contributed by atoms with Crippen molar-refractivity contribution in [1.29, 1.82) is 0 Å². The first-order valence-electron chi connectivity index (χ1n) is 9.04. The predicted molar refractivity (Wildman–Crippen MR) is 102 cm³/mol. The van der Waals surface area contributed by atoms with E-state index in [-0.39, 0.29) is 17.6 Å². The summed E-state index contributed by atoms with van der Waals surface area (Å²) < 4.78 is 0. The zero-order chi connectivity index (χ0) is 18.8. The van der Waals surface area contributed by atoms with Gasteiger partial charge in [0.05, 0.1) is 11.7 Å². The van der Waals surface area contributed by atoms with E-state index in [0.29, 0.717) is 11.3 Å². The smallest absolute Gasteiger partial charge is 0.196 e. The van der Waals surface area contributed by atoms with Gasteiger partial charge in [-0.1, -0.05) is 6.07 Å². The summed E-state index contributed by atoms with van der Waals surface area (Å²) in [5, 5.41) is 0. The van der Waals surface area contributed by atoms with Crippen molar-refractivity contribution in [2.75, 3.05) is 31.1 Å². The van der Waals surface area contributed by atoms with Gasteiger partial charge in [-0.3, -0.25) is 14.5 Å². The summed E-state index contributed by atoms with van der Waals surface area (Å²) in [6, 6.07) is 5.69. The van der Waals surface area contributed by atoms with E-state index in [1.54, 1.807) is 6.20 Å². The summed E-state index contributed by atoms with van der Waals surface area (Å²) in [5.41, 5.74) is 2.73. The number of aryl methyl sites for hydroxylation is 1. The van der Waals surface area contributed by atoms with Crippen LogP contribution >= 0.6 is 0 Å². The number of aromatic nitrogens is 2. The van der Waals surface area contributed by atoms with Crippen molar-refractivity contribution in [1.82, 2.24) is 14.9 Å². The molecule has 0 aliphatic carbocycles. The fraction of sp³-hybridized carbons (Fsp3) is 0.450. The fourth-order valence-electron chi connectivity index (χ4n) is 3.78. The van der Waals surface area contributed by atoms with Crippen LogP contribution in [0.1, 0.15) is 46.0 Å². The number of H-pyrrole nitrogens is 1. The average molecular weight is 354 g/mol. The number of nitrogens with zero attached hydrogens (tertiary/aromatic N) is 3. The van der Waals surface area contributed by atoms with Gasteiger partial charge in [-0.15, -0.1) is 0 Å². The second-order valence-electron chi connectivity index (χ2n) is 6.93. The second-order valence-corrected chi connectivity index (χ2v) is 6.93. The molecule has 1 fully saturated rings. The SMILES string of the molecule is CC(=O)c1c(C)[nH]c(C(=O)[C@@H](C)N2CCN(c3ccccn3)CC2)c1C. The van der Waals surface area contributed by atoms with Crippen LogP contribution in [0.5, 0.6) is 0 Å². The maximum Gasteiger partial charge on any atom is 0.196 e. The Bertz CT molecular complexity index is 805. The van der Waals surface area contributed by atoms with E-state index < -0.39 is 0 Å². The Labute approximate surface area is 154 Å². The highest BCUT2D eigenvalue weighted by atomic mass is 16.1. The van der Waals surface area contributed by atoms with Crippen LogP contribution < -0.4 is 4.90 Å². The van der Waals surface area contributed by atoms with E-state index in [0.717, 1.165) is 43.3 Å². The highest BCUT2D eigenvalue weighted by molar-refractivity contribution is 6.05. The molecule has 3 rings (SSSR count). The number of ketones is 2. The molecule has 2 aromatic rings. The number of rotatable bonds is 5. The van der Waals surface area contributed by atoms with E-state index in [1.807, 2.05) is 39.0 Å². The lowest BCUT2D eigenvalue weighted by atomic mass is 10.0. The second kappa shape index (κ2) is 7.41. The molecular weight excluding hydrogens is 328 g/mol. The van der Waals surface area contributed by atoms with Gasteiger partial charge in [-0.05, 0) is 45.4 Å². The van der Waals surface area contributed by atoms with Crippen LogP contribution in [0.15, 0.2) is 24.4 Å². The van der Waals surface area contributed by atoms with E-state index in [1.165, 1.54) is 6.92 Å². The molecular formula is C20H26N4O2. The predicted octanol–water partition coefficient (Wildman–Crippen LogP) is 2.62. The Morgan fingerprint density at radius 1 is 1.15 bits per heavy atom. The number of Topliss-reactive ketones (excluding diaryl/α,β-unsaturated/α-hetero) is 2. The highest BCUT2D eigenvalue weighted by Crippen LogP contribution is 2.22. The molecule has 138 valence electrons. The lowest BCUT2D eigenvalue weighted by Gasteiger charge is -2.38. The average Bonchev–Trinajstić information content (AvgIpc) is 2.95. The number of hydrogen-bond acceptors (Lipinski definition) is 5. The molecule has 0 bridgehead atoms. The van der Waals surface area contributed by atoms with Crippen LogP contribution in [-0.4, -0.2) is 58.7 Å². The molecule has 6 nitrogen and oxygen atoms in total. The summed E-state index contributed by atoms with van der Waals surface area (Å²) >= 11 is 0. The molecule has 0 unspecified atom stereocenters. The molecule has 0 aromatic carbocycles. The van der Waals surface area contributed by atoms with Crippen molar-refractivity contribution in [3.8, 4) is 0 Å². The topological polar surface area (TPSA) is 69.3 Å². The standard InChI is InChI=1S/C20H26N4O2/c1-13-18(16(4)25)14(2)22-19(13)20(26)15(3)23-9-11-24(12-10-23)17-7-5-6-8-21-17/h5-8,15,22H,9-12H2,1-4H3/t15-/m1/s1. The van der Waals surface area contributed by atoms with Crippen LogP contribution in [0, 0.1) is 13.8 Å². The first-order chi connectivity index (χ1) is 12.4. The molecule has 0 spiro atoms. The molecule has 6 heteroatoms. The molecule has 1 atom stereocenters. The third kappa shape index (κ3) is 3.42. The van der Waals surface area contributed by atoms with Crippen molar-refractivity contribution < 1.29 is 9.59 Å². The number of pyridine rings is 1. The van der Waals surface area contributed by atoms with Crippen molar-refractivity contribution in [3.63, 3.8) is 0 Å². The minimum absolute atomic E-state index is 0.00747. The minimum Gasteiger partial charge on any atom is -0.355 e. The normalized spacial score (nSPS) is 16.5. The number of piperazine rings is 1. The monoisotopic (exact) mass is 354 g/mol. The van der Waals surface area contributed by atoms with Gasteiger partial charge in [-0.2, -0.15) is 0 Å². The fourth-order valence-corrected chi connectivity index (χ4v) is 3.78. The Morgan fingerprint density at radius 2 is 1.85 bits per heavy atom. The maximum atomic E-state index is 13.0. The summed E-state index contributed by atoms with van der Waals surface area (Å²) in [6.45, 7) is 10.5. The van der Waals surface area contributed by atoms with E-state index in [2.05, 4.69) is 19.8 Å². The summed E-state index contributed by atoms with van der Waals surface area (Å²) in [4.78, 5) is 36.8. The molecule has 0 saturated carbocycles. The van der Waals surface area contributed by atoms with E-state index in [4.69, 9.17) is 0 Å². The molecule has 2 aromatic heterocycles. The Hall–Kier alpha value is -2.47. The summed E-state index contributed by atoms with van der Waals surface area (Å²) in [7, 11) is 0. The Balaban J connectivity index is 1.69. The summed E-state index contributed by atoms with van der Waals surface area (Å²) in [6.07, 6.45) is 1.80. The maximum absolute atomic E-state index is 13.0. The molecule has 1 N–H and O–H groups in total. The summed E-state index contributed by atoms with van der Waals surface area (Å²) in [5.74, 6) is 1.02. The van der Waals surface area contributed by atoms with Gasteiger partial charge < -0.3 is 9.88 Å². The first kappa shape index (κ1) is 18.3. The first-order valence-corrected chi connectivity index (χ1v) is 9.04. The van der Waals surface area contributed by atoms with Gasteiger partial charge >= 0.3 is 0 Å². The third-order valence-corrected chi connectivity index (χ3v) is 5.25. The molecule has 0 amide bonds. The van der Waals surface area contributed by atoms with Gasteiger partial charge in [-0.25, -0.2) is 4.98 Å². The largest absolute Gasteiger partial charge is 0.355 e.